The van der Waals surface area contributed by atoms with E-state index in [1.807, 2.05) is 19.1 Å². The molecule has 0 saturated heterocycles. The summed E-state index contributed by atoms with van der Waals surface area (Å²) in [6, 6.07) is 7.39. The Labute approximate surface area is 127 Å². The number of rotatable bonds is 7. The lowest BCUT2D eigenvalue weighted by Gasteiger charge is -2.15. The highest BCUT2D eigenvalue weighted by Gasteiger charge is 2.16. The summed E-state index contributed by atoms with van der Waals surface area (Å²) in [5, 5.41) is 0. The lowest BCUT2D eigenvalue weighted by Crippen LogP contribution is -2.44. The lowest BCUT2D eigenvalue weighted by atomic mass is 9.99. The second kappa shape index (κ2) is 9.16. The van der Waals surface area contributed by atoms with Gasteiger partial charge in [-0.1, -0.05) is 45.7 Å². The number of amides is 2. The van der Waals surface area contributed by atoms with Gasteiger partial charge < -0.3 is 0 Å². The van der Waals surface area contributed by atoms with Gasteiger partial charge in [0.25, 0.3) is 5.91 Å². The van der Waals surface area contributed by atoms with Gasteiger partial charge in [-0.05, 0) is 37.0 Å². The van der Waals surface area contributed by atoms with Gasteiger partial charge in [-0.2, -0.15) is 0 Å². The van der Waals surface area contributed by atoms with Gasteiger partial charge in [-0.25, -0.2) is 0 Å². The molecule has 1 aromatic carbocycles. The maximum absolute atomic E-state index is 12.0. The van der Waals surface area contributed by atoms with Crippen LogP contribution in [-0.4, -0.2) is 11.8 Å². The average molecular weight is 290 g/mol. The summed E-state index contributed by atoms with van der Waals surface area (Å²) in [5.74, 6) is -0.423. The van der Waals surface area contributed by atoms with Crippen LogP contribution >= 0.6 is 0 Å². The Morgan fingerprint density at radius 2 is 1.71 bits per heavy atom. The maximum Gasteiger partial charge on any atom is 0.269 e. The van der Waals surface area contributed by atoms with Crippen LogP contribution in [0.4, 0.5) is 0 Å². The first-order valence-corrected chi connectivity index (χ1v) is 7.81. The van der Waals surface area contributed by atoms with E-state index in [1.165, 1.54) is 5.56 Å². The van der Waals surface area contributed by atoms with Crippen molar-refractivity contribution >= 4 is 11.8 Å². The number of aryl methyl sites for hydroxylation is 1. The minimum Gasteiger partial charge on any atom is -0.273 e. The van der Waals surface area contributed by atoms with Gasteiger partial charge in [-0.3, -0.25) is 20.4 Å². The Balaban J connectivity index is 2.48. The second-order valence-corrected chi connectivity index (χ2v) is 5.24. The normalized spacial score (nSPS) is 11.8. The molecular formula is C17H26N2O2. The molecule has 1 atom stereocenters. The van der Waals surface area contributed by atoms with Crippen LogP contribution < -0.4 is 10.9 Å². The Morgan fingerprint density at radius 1 is 1.05 bits per heavy atom. The molecule has 1 rings (SSSR count). The monoisotopic (exact) mass is 290 g/mol. The predicted octanol–water partition coefficient (Wildman–Crippen LogP) is 3.23. The Hall–Kier alpha value is -1.84. The van der Waals surface area contributed by atoms with Crippen LogP contribution in [0.1, 0.15) is 62.4 Å². The van der Waals surface area contributed by atoms with Crippen LogP contribution in [0.15, 0.2) is 24.3 Å². The second-order valence-electron chi connectivity index (χ2n) is 5.24. The van der Waals surface area contributed by atoms with Crippen molar-refractivity contribution < 1.29 is 9.59 Å². The first-order valence-electron chi connectivity index (χ1n) is 7.81. The molecule has 2 amide bonds. The van der Waals surface area contributed by atoms with E-state index < -0.39 is 0 Å². The molecule has 0 radical (unpaired) electrons. The van der Waals surface area contributed by atoms with Crippen molar-refractivity contribution in [3.05, 3.63) is 35.4 Å². The zero-order valence-corrected chi connectivity index (χ0v) is 13.2. The van der Waals surface area contributed by atoms with Gasteiger partial charge in [0.05, 0.1) is 0 Å². The third-order valence-corrected chi connectivity index (χ3v) is 3.69. The fourth-order valence-electron chi connectivity index (χ4n) is 2.16. The molecule has 2 N–H and O–H groups in total. The summed E-state index contributed by atoms with van der Waals surface area (Å²) < 4.78 is 0. The summed E-state index contributed by atoms with van der Waals surface area (Å²) in [5.41, 5.74) is 6.75. The van der Waals surface area contributed by atoms with E-state index in [2.05, 4.69) is 24.7 Å². The smallest absolute Gasteiger partial charge is 0.269 e. The van der Waals surface area contributed by atoms with Crippen molar-refractivity contribution in [3.63, 3.8) is 0 Å². The molecule has 4 heteroatoms. The number of unbranched alkanes of at least 4 members (excludes halogenated alkanes) is 1. The first-order chi connectivity index (χ1) is 10.1. The van der Waals surface area contributed by atoms with Crippen LogP contribution in [0, 0.1) is 5.92 Å². The Bertz CT molecular complexity index is 454. The summed E-state index contributed by atoms with van der Waals surface area (Å²) in [6.45, 7) is 6.16. The van der Waals surface area contributed by atoms with Gasteiger partial charge in [0.1, 0.15) is 0 Å². The third-order valence-electron chi connectivity index (χ3n) is 3.69. The molecule has 1 aromatic rings. The van der Waals surface area contributed by atoms with Crippen molar-refractivity contribution in [1.29, 1.82) is 0 Å². The van der Waals surface area contributed by atoms with E-state index in [4.69, 9.17) is 0 Å². The highest BCUT2D eigenvalue weighted by atomic mass is 16.2. The molecule has 0 heterocycles. The molecule has 0 aliphatic carbocycles. The molecule has 21 heavy (non-hydrogen) atoms. The van der Waals surface area contributed by atoms with Gasteiger partial charge in [0, 0.05) is 11.5 Å². The van der Waals surface area contributed by atoms with Crippen molar-refractivity contribution in [2.24, 2.45) is 5.92 Å². The number of hydrogen-bond acceptors (Lipinski definition) is 2. The van der Waals surface area contributed by atoms with Crippen LogP contribution in [0.5, 0.6) is 0 Å². The van der Waals surface area contributed by atoms with Gasteiger partial charge in [0.15, 0.2) is 0 Å². The number of carbonyl (C=O) groups excluding carboxylic acids is 2. The zero-order chi connectivity index (χ0) is 15.7. The molecule has 0 bridgehead atoms. The number of benzene rings is 1. The van der Waals surface area contributed by atoms with Crippen LogP contribution in [0.25, 0.3) is 0 Å². The molecule has 0 aliphatic heterocycles. The molecule has 0 aliphatic rings. The maximum atomic E-state index is 12.0. The number of hydrazine groups is 1. The summed E-state index contributed by atoms with van der Waals surface area (Å²) in [4.78, 5) is 23.9. The first kappa shape index (κ1) is 17.2. The van der Waals surface area contributed by atoms with E-state index >= 15 is 0 Å². The van der Waals surface area contributed by atoms with E-state index in [0.717, 1.165) is 32.1 Å². The highest BCUT2D eigenvalue weighted by molar-refractivity contribution is 5.95. The standard InChI is InChI=1S/C17H26N2O2/c1-4-7-8-14(6-3)16(20)18-19-17(21)15-11-9-13(5-2)10-12-15/h9-12,14H,4-8H2,1-3H3,(H,18,20)(H,19,21). The molecule has 0 saturated carbocycles. The predicted molar refractivity (Wildman–Crippen MR) is 84.7 cm³/mol. The SMILES string of the molecule is CCCCC(CC)C(=O)NNC(=O)c1ccc(CC)cc1. The largest absolute Gasteiger partial charge is 0.273 e. The van der Waals surface area contributed by atoms with Crippen molar-refractivity contribution in [2.75, 3.05) is 0 Å². The van der Waals surface area contributed by atoms with Crippen LogP contribution in [0.3, 0.4) is 0 Å². The highest BCUT2D eigenvalue weighted by Crippen LogP contribution is 2.12. The summed E-state index contributed by atoms with van der Waals surface area (Å²) >= 11 is 0. The quantitative estimate of drug-likeness (QED) is 0.757. The lowest BCUT2D eigenvalue weighted by molar-refractivity contribution is -0.126. The Morgan fingerprint density at radius 3 is 2.24 bits per heavy atom. The molecule has 1 unspecified atom stereocenters. The van der Waals surface area contributed by atoms with Crippen molar-refractivity contribution in [1.82, 2.24) is 10.9 Å². The number of hydrogen-bond donors (Lipinski definition) is 2. The van der Waals surface area contributed by atoms with Gasteiger partial charge >= 0.3 is 0 Å². The van der Waals surface area contributed by atoms with Crippen molar-refractivity contribution in [3.8, 4) is 0 Å². The van der Waals surface area contributed by atoms with E-state index in [1.54, 1.807) is 12.1 Å². The van der Waals surface area contributed by atoms with Crippen LogP contribution in [0.2, 0.25) is 0 Å². The molecule has 0 spiro atoms. The zero-order valence-electron chi connectivity index (χ0n) is 13.2. The topological polar surface area (TPSA) is 58.2 Å². The third kappa shape index (κ3) is 5.58. The van der Waals surface area contributed by atoms with E-state index in [0.29, 0.717) is 5.56 Å². The molecular weight excluding hydrogens is 264 g/mol. The molecule has 4 nitrogen and oxygen atoms in total. The number of carbonyl (C=O) groups is 2. The van der Waals surface area contributed by atoms with Gasteiger partial charge in [-0.15, -0.1) is 0 Å². The fraction of sp³-hybridized carbons (Fsp3) is 0.529. The Kier molecular flexibility index (Phi) is 7.51. The molecule has 0 aromatic heterocycles. The minimum atomic E-state index is -0.281. The van der Waals surface area contributed by atoms with E-state index in [9.17, 15) is 9.59 Å². The van der Waals surface area contributed by atoms with Crippen molar-refractivity contribution in [2.45, 2.75) is 52.9 Å². The molecule has 116 valence electrons. The molecule has 0 fully saturated rings. The summed E-state index contributed by atoms with van der Waals surface area (Å²) in [7, 11) is 0. The minimum absolute atomic E-state index is 0.0345. The average Bonchev–Trinajstić information content (AvgIpc) is 2.53. The summed E-state index contributed by atoms with van der Waals surface area (Å²) in [6.07, 6.45) is 4.68. The fourth-order valence-corrected chi connectivity index (χ4v) is 2.16. The van der Waals surface area contributed by atoms with E-state index in [-0.39, 0.29) is 17.7 Å². The van der Waals surface area contributed by atoms with Gasteiger partial charge in [0.2, 0.25) is 5.91 Å². The number of nitrogens with one attached hydrogen (secondary N) is 2. The van der Waals surface area contributed by atoms with Crippen LogP contribution in [-0.2, 0) is 11.2 Å².